The Labute approximate surface area is 98.4 Å². The van der Waals surface area contributed by atoms with E-state index >= 15 is 0 Å². The molecule has 0 fully saturated rings. The number of halogens is 1. The molecule has 0 heterocycles. The summed E-state index contributed by atoms with van der Waals surface area (Å²) in [5, 5.41) is 13.7. The second-order valence-electron chi connectivity index (χ2n) is 2.80. The van der Waals surface area contributed by atoms with E-state index in [4.69, 9.17) is 21.8 Å². The van der Waals surface area contributed by atoms with Gasteiger partial charge in [-0.25, -0.2) is 5.14 Å². The van der Waals surface area contributed by atoms with Gasteiger partial charge in [0.1, 0.15) is 6.61 Å². The Morgan fingerprint density at radius 3 is 2.75 bits per heavy atom. The molecule has 7 heteroatoms. The van der Waals surface area contributed by atoms with Gasteiger partial charge in [-0.05, 0) is 18.2 Å². The quantitative estimate of drug-likeness (QED) is 0.668. The largest absolute Gasteiger partial charge is 0.384 e. The van der Waals surface area contributed by atoms with Gasteiger partial charge in [0, 0.05) is 10.6 Å². The maximum atomic E-state index is 10.9. The fourth-order valence-electron chi connectivity index (χ4n) is 0.998. The molecule has 1 rings (SSSR count). The monoisotopic (exact) mass is 260 g/mol. The second kappa shape index (κ2) is 5.18. The highest BCUT2D eigenvalue weighted by atomic mass is 35.5. The van der Waals surface area contributed by atoms with E-state index in [1.807, 2.05) is 0 Å². The zero-order valence-corrected chi connectivity index (χ0v) is 9.64. The predicted octanol–water partition coefficient (Wildman–Crippen LogP) is 0.299. The van der Waals surface area contributed by atoms with E-state index in [1.54, 1.807) is 6.07 Å². The first-order chi connectivity index (χ1) is 7.42. The van der Waals surface area contributed by atoms with Crippen LogP contribution in [0.25, 0.3) is 0 Å². The molecule has 0 atom stereocenters. The molecule has 0 saturated carbocycles. The number of aliphatic hydroxyl groups is 1. The van der Waals surface area contributed by atoms with Crippen molar-refractivity contribution in [2.45, 2.75) is 0 Å². The second-order valence-corrected chi connectivity index (χ2v) is 4.53. The summed E-state index contributed by atoms with van der Waals surface area (Å²) in [6.07, 6.45) is 0. The Morgan fingerprint density at radius 2 is 2.19 bits per heavy atom. The molecule has 0 saturated heterocycles. The first-order valence-electron chi connectivity index (χ1n) is 4.12. The van der Waals surface area contributed by atoms with E-state index in [2.05, 4.69) is 16.6 Å². The number of anilines is 1. The van der Waals surface area contributed by atoms with Gasteiger partial charge in [-0.15, -0.1) is 0 Å². The molecule has 1 aromatic rings. The van der Waals surface area contributed by atoms with Crippen LogP contribution in [0.5, 0.6) is 0 Å². The smallest absolute Gasteiger partial charge is 0.296 e. The van der Waals surface area contributed by atoms with E-state index < -0.39 is 10.2 Å². The molecule has 1 aromatic carbocycles. The molecule has 0 spiro atoms. The lowest BCUT2D eigenvalue weighted by atomic mass is 10.2. The van der Waals surface area contributed by atoms with E-state index in [1.165, 1.54) is 12.1 Å². The topological polar surface area (TPSA) is 92.4 Å². The van der Waals surface area contributed by atoms with E-state index in [0.29, 0.717) is 10.6 Å². The highest BCUT2D eigenvalue weighted by molar-refractivity contribution is 7.90. The summed E-state index contributed by atoms with van der Waals surface area (Å²) in [5.41, 5.74) is 0.559. The van der Waals surface area contributed by atoms with Crippen molar-refractivity contribution in [2.24, 2.45) is 5.14 Å². The lowest BCUT2D eigenvalue weighted by Gasteiger charge is -2.06. The highest BCUT2D eigenvalue weighted by Gasteiger charge is 2.07. The first kappa shape index (κ1) is 12.8. The van der Waals surface area contributed by atoms with Gasteiger partial charge < -0.3 is 5.11 Å². The summed E-state index contributed by atoms with van der Waals surface area (Å²) >= 11 is 5.71. The minimum Gasteiger partial charge on any atom is -0.384 e. The van der Waals surface area contributed by atoms with E-state index in [0.717, 1.165) is 0 Å². The van der Waals surface area contributed by atoms with Crippen LogP contribution in [0.4, 0.5) is 5.69 Å². The maximum Gasteiger partial charge on any atom is 0.296 e. The van der Waals surface area contributed by atoms with Gasteiger partial charge in [-0.3, -0.25) is 4.72 Å². The summed E-state index contributed by atoms with van der Waals surface area (Å²) in [6.45, 7) is -0.322. The minimum absolute atomic E-state index is 0.177. The SMILES string of the molecule is NS(=O)(=O)Nc1cc(Cl)ccc1C#CCO. The van der Waals surface area contributed by atoms with Crippen LogP contribution in [0, 0.1) is 11.8 Å². The zero-order chi connectivity index (χ0) is 12.2. The van der Waals surface area contributed by atoms with Gasteiger partial charge >= 0.3 is 0 Å². The third kappa shape index (κ3) is 4.08. The Kier molecular flexibility index (Phi) is 4.15. The lowest BCUT2D eigenvalue weighted by molar-refractivity contribution is 0.350. The summed E-state index contributed by atoms with van der Waals surface area (Å²) in [5.74, 6) is 4.97. The molecular formula is C9H9ClN2O3S. The van der Waals surface area contributed by atoms with Crippen molar-refractivity contribution in [3.8, 4) is 11.8 Å². The summed E-state index contributed by atoms with van der Waals surface area (Å²) in [4.78, 5) is 0. The third-order valence-electron chi connectivity index (χ3n) is 1.54. The number of nitrogens with two attached hydrogens (primary N) is 1. The Balaban J connectivity index is 3.18. The van der Waals surface area contributed by atoms with Crippen molar-refractivity contribution >= 4 is 27.5 Å². The van der Waals surface area contributed by atoms with Crippen LogP contribution in [-0.2, 0) is 10.2 Å². The zero-order valence-electron chi connectivity index (χ0n) is 8.07. The van der Waals surface area contributed by atoms with Crippen LogP contribution in [0.1, 0.15) is 5.56 Å². The molecule has 0 unspecified atom stereocenters. The van der Waals surface area contributed by atoms with Crippen LogP contribution < -0.4 is 9.86 Å². The molecule has 0 aromatic heterocycles. The number of rotatable bonds is 2. The summed E-state index contributed by atoms with van der Waals surface area (Å²) in [7, 11) is -3.88. The van der Waals surface area contributed by atoms with Crippen LogP contribution in [0.2, 0.25) is 5.02 Å². The average Bonchev–Trinajstić information content (AvgIpc) is 2.14. The molecule has 0 aliphatic carbocycles. The normalized spacial score (nSPS) is 10.4. The van der Waals surface area contributed by atoms with Crippen molar-refractivity contribution in [1.29, 1.82) is 0 Å². The lowest BCUT2D eigenvalue weighted by Crippen LogP contribution is -2.22. The Morgan fingerprint density at radius 1 is 1.50 bits per heavy atom. The van der Waals surface area contributed by atoms with Gasteiger partial charge in [-0.2, -0.15) is 8.42 Å². The summed E-state index contributed by atoms with van der Waals surface area (Å²) in [6, 6.07) is 4.46. The van der Waals surface area contributed by atoms with E-state index in [-0.39, 0.29) is 12.3 Å². The molecule has 4 N–H and O–H groups in total. The average molecular weight is 261 g/mol. The van der Waals surface area contributed by atoms with Crippen molar-refractivity contribution in [3.05, 3.63) is 28.8 Å². The maximum absolute atomic E-state index is 10.9. The third-order valence-corrected chi connectivity index (χ3v) is 2.28. The molecule has 0 radical (unpaired) electrons. The molecule has 5 nitrogen and oxygen atoms in total. The number of benzene rings is 1. The van der Waals surface area contributed by atoms with Gasteiger partial charge in [0.05, 0.1) is 5.69 Å². The highest BCUT2D eigenvalue weighted by Crippen LogP contribution is 2.20. The molecule has 0 bridgehead atoms. The van der Waals surface area contributed by atoms with Gasteiger partial charge in [0.2, 0.25) is 0 Å². The number of aliphatic hydroxyl groups excluding tert-OH is 1. The molecular weight excluding hydrogens is 252 g/mol. The number of hydrogen-bond acceptors (Lipinski definition) is 3. The van der Waals surface area contributed by atoms with Crippen LogP contribution >= 0.6 is 11.6 Å². The van der Waals surface area contributed by atoms with Crippen molar-refractivity contribution in [1.82, 2.24) is 0 Å². The fourth-order valence-corrected chi connectivity index (χ4v) is 1.65. The molecule has 86 valence electrons. The van der Waals surface area contributed by atoms with Crippen LogP contribution in [-0.4, -0.2) is 20.1 Å². The summed E-state index contributed by atoms with van der Waals surface area (Å²) < 4.78 is 23.8. The molecule has 0 aliphatic heterocycles. The molecule has 0 amide bonds. The Bertz CT molecular complexity index is 546. The van der Waals surface area contributed by atoms with Crippen molar-refractivity contribution < 1.29 is 13.5 Å². The van der Waals surface area contributed by atoms with Crippen LogP contribution in [0.15, 0.2) is 18.2 Å². The van der Waals surface area contributed by atoms with Crippen molar-refractivity contribution in [2.75, 3.05) is 11.3 Å². The van der Waals surface area contributed by atoms with Crippen LogP contribution in [0.3, 0.4) is 0 Å². The molecule has 16 heavy (non-hydrogen) atoms. The first-order valence-corrected chi connectivity index (χ1v) is 6.04. The predicted molar refractivity (Wildman–Crippen MR) is 62.1 cm³/mol. The molecule has 0 aliphatic rings. The standard InChI is InChI=1S/C9H9ClN2O3S/c10-8-4-3-7(2-1-5-13)9(6-8)12-16(11,14)15/h3-4,6,12-13H,5H2,(H2,11,14,15). The number of nitrogens with one attached hydrogen (secondary N) is 1. The van der Waals surface area contributed by atoms with E-state index in [9.17, 15) is 8.42 Å². The Hall–Kier alpha value is -1.26. The fraction of sp³-hybridized carbons (Fsp3) is 0.111. The number of hydrogen-bond donors (Lipinski definition) is 3. The van der Waals surface area contributed by atoms with Gasteiger partial charge in [0.15, 0.2) is 0 Å². The van der Waals surface area contributed by atoms with Gasteiger partial charge in [0.25, 0.3) is 10.2 Å². The minimum atomic E-state index is -3.88. The van der Waals surface area contributed by atoms with Gasteiger partial charge in [-0.1, -0.05) is 23.4 Å². The van der Waals surface area contributed by atoms with Crippen molar-refractivity contribution in [3.63, 3.8) is 0 Å².